The first kappa shape index (κ1) is 16.6. The molecule has 22 heavy (non-hydrogen) atoms. The number of piperazine rings is 1. The van der Waals surface area contributed by atoms with Crippen LogP contribution >= 0.6 is 11.6 Å². The van der Waals surface area contributed by atoms with Gasteiger partial charge < -0.3 is 10.2 Å². The third-order valence-corrected chi connectivity index (χ3v) is 4.22. The van der Waals surface area contributed by atoms with Gasteiger partial charge in [-0.2, -0.15) is 0 Å². The van der Waals surface area contributed by atoms with E-state index in [9.17, 15) is 9.59 Å². The van der Waals surface area contributed by atoms with Gasteiger partial charge in [0, 0.05) is 33.2 Å². The number of carbonyl (C=O) groups is 2. The SMILES string of the molecule is CNC(=O)NC(=O)C(C)N1CCN(c2ccccc2Cl)CC1. The molecule has 2 N–H and O–H groups in total. The van der Waals surface area contributed by atoms with Crippen molar-refractivity contribution < 1.29 is 9.59 Å². The topological polar surface area (TPSA) is 64.7 Å². The lowest BCUT2D eigenvalue weighted by Gasteiger charge is -2.38. The summed E-state index contributed by atoms with van der Waals surface area (Å²) in [6.07, 6.45) is 0. The molecule has 1 aromatic carbocycles. The molecule has 1 saturated heterocycles. The second-order valence-corrected chi connectivity index (χ2v) is 5.63. The molecule has 7 heteroatoms. The number of nitrogens with one attached hydrogen (secondary N) is 2. The van der Waals surface area contributed by atoms with E-state index in [1.165, 1.54) is 7.05 Å². The predicted octanol–water partition coefficient (Wildman–Crippen LogP) is 1.31. The van der Waals surface area contributed by atoms with Crippen LogP contribution in [-0.4, -0.2) is 56.1 Å². The van der Waals surface area contributed by atoms with Crippen LogP contribution in [0.2, 0.25) is 5.02 Å². The Labute approximate surface area is 135 Å². The molecule has 0 saturated carbocycles. The lowest BCUT2D eigenvalue weighted by molar-refractivity contribution is -0.124. The van der Waals surface area contributed by atoms with E-state index in [4.69, 9.17) is 11.6 Å². The van der Waals surface area contributed by atoms with Crippen molar-refractivity contribution in [3.05, 3.63) is 29.3 Å². The average Bonchev–Trinajstić information content (AvgIpc) is 2.54. The molecular weight excluding hydrogens is 304 g/mol. The Hall–Kier alpha value is -1.79. The van der Waals surface area contributed by atoms with E-state index in [0.29, 0.717) is 0 Å². The number of imide groups is 1. The van der Waals surface area contributed by atoms with Gasteiger partial charge in [-0.1, -0.05) is 23.7 Å². The zero-order chi connectivity index (χ0) is 16.1. The van der Waals surface area contributed by atoms with Crippen LogP contribution in [0.15, 0.2) is 24.3 Å². The smallest absolute Gasteiger partial charge is 0.321 e. The molecule has 1 aliphatic heterocycles. The van der Waals surface area contributed by atoms with Crippen LogP contribution in [0.1, 0.15) is 6.92 Å². The number of hydrogen-bond acceptors (Lipinski definition) is 4. The molecule has 1 aromatic rings. The van der Waals surface area contributed by atoms with Crippen LogP contribution < -0.4 is 15.5 Å². The number of urea groups is 1. The molecule has 0 spiro atoms. The van der Waals surface area contributed by atoms with Crippen LogP contribution in [0.25, 0.3) is 0 Å². The molecule has 0 radical (unpaired) electrons. The summed E-state index contributed by atoms with van der Waals surface area (Å²) in [7, 11) is 1.48. The van der Waals surface area contributed by atoms with Crippen molar-refractivity contribution in [3.8, 4) is 0 Å². The number of halogens is 1. The van der Waals surface area contributed by atoms with Gasteiger partial charge in [-0.15, -0.1) is 0 Å². The normalized spacial score (nSPS) is 17.0. The highest BCUT2D eigenvalue weighted by atomic mass is 35.5. The van der Waals surface area contributed by atoms with Crippen molar-refractivity contribution in [2.45, 2.75) is 13.0 Å². The molecule has 6 nitrogen and oxygen atoms in total. The highest BCUT2D eigenvalue weighted by Gasteiger charge is 2.26. The van der Waals surface area contributed by atoms with Crippen molar-refractivity contribution in [3.63, 3.8) is 0 Å². The highest BCUT2D eigenvalue weighted by molar-refractivity contribution is 6.33. The fraction of sp³-hybridized carbons (Fsp3) is 0.467. The van der Waals surface area contributed by atoms with Crippen LogP contribution in [0.5, 0.6) is 0 Å². The van der Waals surface area contributed by atoms with E-state index < -0.39 is 6.03 Å². The van der Waals surface area contributed by atoms with E-state index in [0.717, 1.165) is 36.9 Å². The second-order valence-electron chi connectivity index (χ2n) is 5.22. The third kappa shape index (κ3) is 3.90. The number of carbonyl (C=O) groups excluding carboxylic acids is 2. The van der Waals surface area contributed by atoms with E-state index in [-0.39, 0.29) is 11.9 Å². The molecule has 1 fully saturated rings. The number of para-hydroxylation sites is 1. The molecule has 1 heterocycles. The Morgan fingerprint density at radius 1 is 1.18 bits per heavy atom. The molecular formula is C15H21ClN4O2. The Bertz CT molecular complexity index is 544. The average molecular weight is 325 g/mol. The zero-order valence-electron chi connectivity index (χ0n) is 12.8. The number of hydrogen-bond donors (Lipinski definition) is 2. The summed E-state index contributed by atoms with van der Waals surface area (Å²) < 4.78 is 0. The lowest BCUT2D eigenvalue weighted by atomic mass is 10.2. The van der Waals surface area contributed by atoms with Gasteiger partial charge in [-0.25, -0.2) is 4.79 Å². The van der Waals surface area contributed by atoms with E-state index in [1.54, 1.807) is 0 Å². The molecule has 3 amide bonds. The first-order chi connectivity index (χ1) is 10.5. The van der Waals surface area contributed by atoms with Gasteiger partial charge in [0.25, 0.3) is 0 Å². The van der Waals surface area contributed by atoms with Crippen molar-refractivity contribution in [1.29, 1.82) is 0 Å². The molecule has 0 aliphatic carbocycles. The Kier molecular flexibility index (Phi) is 5.63. The first-order valence-corrected chi connectivity index (χ1v) is 7.67. The summed E-state index contributed by atoms with van der Waals surface area (Å²) in [5.41, 5.74) is 1.02. The summed E-state index contributed by atoms with van der Waals surface area (Å²) in [5.74, 6) is -0.287. The Morgan fingerprint density at radius 3 is 2.41 bits per heavy atom. The predicted molar refractivity (Wildman–Crippen MR) is 87.3 cm³/mol. The van der Waals surface area contributed by atoms with Gasteiger partial charge in [0.15, 0.2) is 0 Å². The fourth-order valence-corrected chi connectivity index (χ4v) is 2.76. The number of rotatable bonds is 3. The zero-order valence-corrected chi connectivity index (χ0v) is 13.6. The minimum atomic E-state index is -0.480. The lowest BCUT2D eigenvalue weighted by Crippen LogP contribution is -2.55. The van der Waals surface area contributed by atoms with Crippen LogP contribution in [0.3, 0.4) is 0 Å². The largest absolute Gasteiger partial charge is 0.368 e. The molecule has 1 aliphatic rings. The number of nitrogens with zero attached hydrogens (tertiary/aromatic N) is 2. The maximum atomic E-state index is 12.0. The fourth-order valence-electron chi connectivity index (χ4n) is 2.50. The summed E-state index contributed by atoms with van der Waals surface area (Å²) >= 11 is 6.22. The maximum Gasteiger partial charge on any atom is 0.321 e. The van der Waals surface area contributed by atoms with Gasteiger partial charge in [0.05, 0.1) is 16.8 Å². The van der Waals surface area contributed by atoms with Gasteiger partial charge >= 0.3 is 6.03 Å². The Morgan fingerprint density at radius 2 is 1.82 bits per heavy atom. The minimum absolute atomic E-state index is 0.287. The number of benzene rings is 1. The summed E-state index contributed by atoms with van der Waals surface area (Å²) in [6.45, 7) is 4.88. The summed E-state index contributed by atoms with van der Waals surface area (Å²) in [6, 6.07) is 6.93. The summed E-state index contributed by atoms with van der Waals surface area (Å²) in [4.78, 5) is 27.4. The highest BCUT2D eigenvalue weighted by Crippen LogP contribution is 2.26. The van der Waals surface area contributed by atoms with E-state index in [1.807, 2.05) is 31.2 Å². The molecule has 0 aromatic heterocycles. The monoisotopic (exact) mass is 324 g/mol. The summed E-state index contributed by atoms with van der Waals surface area (Å²) in [5, 5.41) is 5.43. The second kappa shape index (κ2) is 7.47. The molecule has 2 rings (SSSR count). The van der Waals surface area contributed by atoms with Gasteiger partial charge in [0.1, 0.15) is 0 Å². The van der Waals surface area contributed by atoms with Crippen molar-refractivity contribution >= 4 is 29.2 Å². The number of anilines is 1. The molecule has 1 atom stereocenters. The van der Waals surface area contributed by atoms with Gasteiger partial charge in [-0.3, -0.25) is 15.0 Å². The Balaban J connectivity index is 1.90. The quantitative estimate of drug-likeness (QED) is 0.880. The molecule has 120 valence electrons. The van der Waals surface area contributed by atoms with Gasteiger partial charge in [0.2, 0.25) is 5.91 Å². The third-order valence-electron chi connectivity index (χ3n) is 3.90. The van der Waals surface area contributed by atoms with Crippen molar-refractivity contribution in [1.82, 2.24) is 15.5 Å². The van der Waals surface area contributed by atoms with Crippen molar-refractivity contribution in [2.24, 2.45) is 0 Å². The standard InChI is InChI=1S/C15H21ClN4O2/c1-11(14(21)18-15(22)17-2)19-7-9-20(10-8-19)13-6-4-3-5-12(13)16/h3-6,11H,7-10H2,1-2H3,(H2,17,18,21,22). The van der Waals surface area contributed by atoms with Crippen LogP contribution in [-0.2, 0) is 4.79 Å². The van der Waals surface area contributed by atoms with Crippen molar-refractivity contribution in [2.75, 3.05) is 38.1 Å². The van der Waals surface area contributed by atoms with Crippen LogP contribution in [0.4, 0.5) is 10.5 Å². The van der Waals surface area contributed by atoms with Gasteiger partial charge in [-0.05, 0) is 19.1 Å². The first-order valence-electron chi connectivity index (χ1n) is 7.29. The number of amides is 3. The maximum absolute atomic E-state index is 12.0. The van der Waals surface area contributed by atoms with E-state index in [2.05, 4.69) is 20.4 Å². The molecule has 0 bridgehead atoms. The minimum Gasteiger partial charge on any atom is -0.368 e. The molecule has 1 unspecified atom stereocenters. The van der Waals surface area contributed by atoms with Crippen LogP contribution in [0, 0.1) is 0 Å². The van der Waals surface area contributed by atoms with E-state index >= 15 is 0 Å².